The van der Waals surface area contributed by atoms with Crippen LogP contribution in [0.15, 0.2) is 0 Å². The summed E-state index contributed by atoms with van der Waals surface area (Å²) in [6.07, 6.45) is -5.39. The molecule has 0 aromatic rings. The Balaban J connectivity index is 1.13. The average Bonchev–Trinajstić information content (AvgIpc) is 3.53. The zero-order valence-corrected chi connectivity index (χ0v) is 31.3. The maximum atomic E-state index is 12.6. The van der Waals surface area contributed by atoms with Crippen LogP contribution in [0.3, 0.4) is 0 Å². The molecule has 0 amide bonds. The molecule has 6 aliphatic rings. The molecular weight excluding hydrogens is 664 g/mol. The van der Waals surface area contributed by atoms with E-state index in [-0.39, 0.29) is 65.5 Å². The summed E-state index contributed by atoms with van der Waals surface area (Å²) in [5.74, 6) is -0.102. The van der Waals surface area contributed by atoms with Gasteiger partial charge in [-0.1, -0.05) is 34.6 Å². The maximum absolute atomic E-state index is 12.6. The Hall–Kier alpha value is -0.520. The first kappa shape index (κ1) is 40.2. The maximum Gasteiger partial charge on any atom is 0.187 e. The van der Waals surface area contributed by atoms with Crippen molar-refractivity contribution >= 4 is 0 Å². The van der Waals surface area contributed by atoms with Gasteiger partial charge >= 0.3 is 0 Å². The summed E-state index contributed by atoms with van der Waals surface area (Å²) < 4.78 is 29.2. The number of ether oxygens (including phenoxy) is 5. The molecule has 4 aliphatic carbocycles. The second-order valence-electron chi connectivity index (χ2n) is 18.0. The Labute approximate surface area is 302 Å². The standard InChI is InChI=1S/C38H66O13/c1-18(2)25(49-35-32(30(44)26(16-39)50-35)51-34-31(45)29(43)27(47-6)17-48-34)8-7-19(3)21-14-23(41)33-37(21,5)12-10-28-36(4)11-9-20(40)13-22(36)24(42)15-38(28,33)46/h18-35,39-46H,7-17H2,1-6H3/t19-,20+,21-,22?,23-,24+,25+,26+,27-,28?,29+,30+,31-,32-,33?,34+,35-,36+,37-,38+/m1/s1. The van der Waals surface area contributed by atoms with Crippen LogP contribution in [-0.2, 0) is 23.7 Å². The lowest BCUT2D eigenvalue weighted by molar-refractivity contribution is -0.309. The molecule has 3 unspecified atom stereocenters. The van der Waals surface area contributed by atoms with Crippen molar-refractivity contribution in [1.82, 2.24) is 0 Å². The van der Waals surface area contributed by atoms with E-state index in [0.29, 0.717) is 25.7 Å². The van der Waals surface area contributed by atoms with Gasteiger partial charge in [-0.25, -0.2) is 0 Å². The Morgan fingerprint density at radius 3 is 2.22 bits per heavy atom. The molecule has 0 bridgehead atoms. The molecule has 296 valence electrons. The number of aliphatic hydroxyl groups is 8. The molecule has 2 aliphatic heterocycles. The summed E-state index contributed by atoms with van der Waals surface area (Å²) in [6.45, 7) is 10.2. The van der Waals surface area contributed by atoms with Crippen molar-refractivity contribution in [2.24, 2.45) is 46.3 Å². The van der Waals surface area contributed by atoms with Crippen molar-refractivity contribution in [2.45, 2.75) is 172 Å². The normalized spacial score (nSPS) is 52.6. The number of hydrogen-bond donors (Lipinski definition) is 8. The number of rotatable bonds is 11. The number of fused-ring (bicyclic) bond motifs is 5. The summed E-state index contributed by atoms with van der Waals surface area (Å²) in [6, 6.07) is 0. The third-order valence-electron chi connectivity index (χ3n) is 14.9. The zero-order valence-electron chi connectivity index (χ0n) is 31.3. The monoisotopic (exact) mass is 730 g/mol. The quantitative estimate of drug-likeness (QED) is 0.150. The summed E-state index contributed by atoms with van der Waals surface area (Å²) in [4.78, 5) is 0. The Bertz CT molecular complexity index is 1180. The van der Waals surface area contributed by atoms with Crippen LogP contribution in [0.25, 0.3) is 0 Å². The van der Waals surface area contributed by atoms with Crippen LogP contribution in [0.4, 0.5) is 0 Å². The van der Waals surface area contributed by atoms with Gasteiger partial charge in [-0.3, -0.25) is 0 Å². The van der Waals surface area contributed by atoms with Gasteiger partial charge in [-0.2, -0.15) is 0 Å². The first-order valence-corrected chi connectivity index (χ1v) is 19.5. The Morgan fingerprint density at radius 1 is 0.843 bits per heavy atom. The van der Waals surface area contributed by atoms with Crippen LogP contribution in [0.2, 0.25) is 0 Å². The van der Waals surface area contributed by atoms with E-state index < -0.39 is 79.7 Å². The lowest BCUT2D eigenvalue weighted by Crippen LogP contribution is -2.68. The highest BCUT2D eigenvalue weighted by atomic mass is 16.8. The molecule has 0 spiro atoms. The van der Waals surface area contributed by atoms with Crippen molar-refractivity contribution in [3.8, 4) is 0 Å². The van der Waals surface area contributed by atoms with Crippen molar-refractivity contribution in [3.63, 3.8) is 0 Å². The van der Waals surface area contributed by atoms with Crippen LogP contribution >= 0.6 is 0 Å². The Morgan fingerprint density at radius 2 is 1.55 bits per heavy atom. The van der Waals surface area contributed by atoms with Gasteiger partial charge in [0.1, 0.15) is 36.6 Å². The fraction of sp³-hybridized carbons (Fsp3) is 1.00. The molecule has 20 atom stereocenters. The van der Waals surface area contributed by atoms with Crippen LogP contribution in [0.1, 0.15) is 92.4 Å². The van der Waals surface area contributed by atoms with Crippen molar-refractivity contribution in [1.29, 1.82) is 0 Å². The van der Waals surface area contributed by atoms with E-state index in [1.54, 1.807) is 0 Å². The summed E-state index contributed by atoms with van der Waals surface area (Å²) in [5.41, 5.74) is -1.81. The molecule has 4 saturated carbocycles. The lowest BCUT2D eigenvalue weighted by atomic mass is 9.42. The van der Waals surface area contributed by atoms with Gasteiger partial charge in [-0.15, -0.1) is 0 Å². The van der Waals surface area contributed by atoms with Gasteiger partial charge < -0.3 is 64.5 Å². The number of hydrogen-bond acceptors (Lipinski definition) is 13. The van der Waals surface area contributed by atoms with E-state index in [4.69, 9.17) is 23.7 Å². The minimum absolute atomic E-state index is 0.0250. The molecule has 0 aromatic heterocycles. The number of methoxy groups -OCH3 is 1. The molecule has 51 heavy (non-hydrogen) atoms. The average molecular weight is 731 g/mol. The fourth-order valence-corrected chi connectivity index (χ4v) is 12.1. The topological polar surface area (TPSA) is 208 Å². The molecule has 13 nitrogen and oxygen atoms in total. The van der Waals surface area contributed by atoms with Crippen molar-refractivity contribution in [3.05, 3.63) is 0 Å². The predicted molar refractivity (Wildman–Crippen MR) is 183 cm³/mol. The van der Waals surface area contributed by atoms with E-state index in [9.17, 15) is 40.9 Å². The highest BCUT2D eigenvalue weighted by Gasteiger charge is 2.70. The molecule has 2 saturated heterocycles. The molecule has 0 aromatic carbocycles. The smallest absolute Gasteiger partial charge is 0.187 e. The molecule has 6 fully saturated rings. The SMILES string of the molecule is CO[C@@H]1CO[C@@H](O[C@H]2[C@H](O[C@@H](CC[C@@H](C)[C@H]3C[C@@H](O)C4[C@]5(O)C[C@H](O)C6C[C@@H](O)CC[C@]6(C)C5CC[C@@]43C)C(C)C)O[C@@H](CO)[C@@H]2O)[C@H](O)[C@H]1O. The first-order chi connectivity index (χ1) is 24.0. The van der Waals surface area contributed by atoms with E-state index in [2.05, 4.69) is 20.8 Å². The van der Waals surface area contributed by atoms with Gasteiger partial charge in [-0.05, 0) is 91.8 Å². The Kier molecular flexibility index (Phi) is 12.0. The van der Waals surface area contributed by atoms with Crippen LogP contribution in [-0.4, -0.2) is 140 Å². The molecule has 0 radical (unpaired) electrons. The molecule has 8 N–H and O–H groups in total. The predicted octanol–water partition coefficient (Wildman–Crippen LogP) is 1.08. The van der Waals surface area contributed by atoms with Crippen LogP contribution < -0.4 is 0 Å². The zero-order chi connectivity index (χ0) is 37.2. The number of aliphatic hydroxyl groups excluding tert-OH is 7. The van der Waals surface area contributed by atoms with Gasteiger partial charge in [0.2, 0.25) is 0 Å². The van der Waals surface area contributed by atoms with E-state index in [1.165, 1.54) is 7.11 Å². The van der Waals surface area contributed by atoms with E-state index >= 15 is 0 Å². The minimum atomic E-state index is -1.44. The van der Waals surface area contributed by atoms with Crippen molar-refractivity contribution in [2.75, 3.05) is 20.3 Å². The molecule has 6 rings (SSSR count). The van der Waals surface area contributed by atoms with Gasteiger partial charge in [0.15, 0.2) is 12.6 Å². The van der Waals surface area contributed by atoms with E-state index in [0.717, 1.165) is 25.7 Å². The van der Waals surface area contributed by atoms with Gasteiger partial charge in [0, 0.05) is 19.4 Å². The fourth-order valence-electron chi connectivity index (χ4n) is 12.1. The molecule has 13 heteroatoms. The van der Waals surface area contributed by atoms with Crippen molar-refractivity contribution < 1.29 is 64.5 Å². The molecule has 2 heterocycles. The van der Waals surface area contributed by atoms with Crippen LogP contribution in [0.5, 0.6) is 0 Å². The van der Waals surface area contributed by atoms with Crippen LogP contribution in [0, 0.1) is 46.3 Å². The van der Waals surface area contributed by atoms with Gasteiger partial charge in [0.05, 0.1) is 43.2 Å². The molecular formula is C38H66O13. The second-order valence-corrected chi connectivity index (χ2v) is 18.0. The third-order valence-corrected chi connectivity index (χ3v) is 14.9. The third kappa shape index (κ3) is 6.97. The largest absolute Gasteiger partial charge is 0.394 e. The summed E-state index contributed by atoms with van der Waals surface area (Å²) in [7, 11) is 1.41. The van der Waals surface area contributed by atoms with E-state index in [1.807, 2.05) is 13.8 Å². The highest BCUT2D eigenvalue weighted by Crippen LogP contribution is 2.69. The second kappa shape index (κ2) is 15.2. The highest BCUT2D eigenvalue weighted by molar-refractivity contribution is 5.20. The summed E-state index contributed by atoms with van der Waals surface area (Å²) >= 11 is 0. The van der Waals surface area contributed by atoms with Gasteiger partial charge in [0.25, 0.3) is 0 Å². The summed E-state index contributed by atoms with van der Waals surface area (Å²) in [5, 5.41) is 88.3. The lowest BCUT2D eigenvalue weighted by Gasteiger charge is -2.66. The first-order valence-electron chi connectivity index (χ1n) is 19.5. The minimum Gasteiger partial charge on any atom is -0.394 e.